The molecule has 0 fully saturated rings. The lowest BCUT2D eigenvalue weighted by molar-refractivity contribution is 1.18. The summed E-state index contributed by atoms with van der Waals surface area (Å²) in [4.78, 5) is 2.47. The Kier molecular flexibility index (Phi) is 5.91. The van der Waals surface area contributed by atoms with Gasteiger partial charge < -0.3 is 9.47 Å². The highest BCUT2D eigenvalue weighted by Gasteiger charge is 2.33. The molecular weight excluding hydrogens is 617 g/mol. The van der Waals surface area contributed by atoms with Crippen LogP contribution in [-0.4, -0.2) is 4.57 Å². The van der Waals surface area contributed by atoms with Gasteiger partial charge >= 0.3 is 0 Å². The molecule has 0 amide bonds. The second kappa shape index (κ2) is 10.7. The van der Waals surface area contributed by atoms with Crippen LogP contribution in [0.25, 0.3) is 83.1 Å². The zero-order chi connectivity index (χ0) is 33.6. The van der Waals surface area contributed by atoms with Gasteiger partial charge in [-0.05, 0) is 106 Å². The molecule has 11 rings (SSSR count). The Hall–Kier alpha value is -6.64. The van der Waals surface area contributed by atoms with E-state index in [-0.39, 0.29) is 0 Å². The maximum atomic E-state index is 2.47. The Labute approximate surface area is 297 Å². The summed E-state index contributed by atoms with van der Waals surface area (Å²) in [5, 5.41) is 2.50. The molecule has 238 valence electrons. The van der Waals surface area contributed by atoms with Crippen molar-refractivity contribution in [2.75, 3.05) is 4.90 Å². The zero-order valence-electron chi connectivity index (χ0n) is 28.1. The minimum absolute atomic E-state index is 1.12. The standard InChI is InChI=1S/C49H32N2/c1-31-24-26-33(27-25-31)50(34-28-29-37-36-15-7-8-22-44(36)51(46(37)30-34)32-12-3-2-4-13-32)45-23-11-21-43-48-39-17-9-18-40(48)41-19-10-20-42(49(43)45)47(41)38-16-6-5-14-35(38)39/h2-30H,1H3. The Morgan fingerprint density at radius 3 is 1.71 bits per heavy atom. The first-order valence-electron chi connectivity index (χ1n) is 17.7. The van der Waals surface area contributed by atoms with Crippen LogP contribution in [0.4, 0.5) is 17.1 Å². The number of nitrogens with zero attached hydrogens (tertiary/aromatic N) is 2. The number of aryl methyl sites for hydroxylation is 1. The highest BCUT2D eigenvalue weighted by molar-refractivity contribution is 6.17. The van der Waals surface area contributed by atoms with Crippen LogP contribution < -0.4 is 4.90 Å². The van der Waals surface area contributed by atoms with Crippen molar-refractivity contribution in [3.63, 3.8) is 0 Å². The van der Waals surface area contributed by atoms with E-state index in [4.69, 9.17) is 0 Å². The summed E-state index contributed by atoms with van der Waals surface area (Å²) in [5.74, 6) is 0. The summed E-state index contributed by atoms with van der Waals surface area (Å²) in [6, 6.07) is 65.0. The van der Waals surface area contributed by atoms with E-state index in [1.165, 1.54) is 88.7 Å². The van der Waals surface area contributed by atoms with E-state index in [1.807, 2.05) is 0 Å². The second-order valence-corrected chi connectivity index (χ2v) is 13.8. The predicted molar refractivity (Wildman–Crippen MR) is 214 cm³/mol. The molecule has 6 bridgehead atoms. The fourth-order valence-electron chi connectivity index (χ4n) is 8.79. The summed E-state index contributed by atoms with van der Waals surface area (Å²) in [6.07, 6.45) is 0. The van der Waals surface area contributed by atoms with Crippen LogP contribution in [0.1, 0.15) is 5.56 Å². The first-order valence-corrected chi connectivity index (χ1v) is 17.7. The number of hydrogen-bond donors (Lipinski definition) is 0. The van der Waals surface area contributed by atoms with Crippen LogP contribution >= 0.6 is 0 Å². The van der Waals surface area contributed by atoms with Crippen molar-refractivity contribution in [1.29, 1.82) is 0 Å². The van der Waals surface area contributed by atoms with Gasteiger partial charge in [-0.2, -0.15) is 0 Å². The quantitative estimate of drug-likeness (QED) is 0.184. The summed E-state index contributed by atoms with van der Waals surface area (Å²) in [6.45, 7) is 2.16. The first-order chi connectivity index (χ1) is 25.2. The molecule has 2 nitrogen and oxygen atoms in total. The molecular formula is C49H32N2. The van der Waals surface area contributed by atoms with E-state index in [0.717, 1.165) is 17.1 Å². The second-order valence-electron chi connectivity index (χ2n) is 13.8. The lowest BCUT2D eigenvalue weighted by Crippen LogP contribution is -2.12. The molecule has 0 N–H and O–H groups in total. The molecule has 0 spiro atoms. The van der Waals surface area contributed by atoms with E-state index in [0.29, 0.717) is 0 Å². The van der Waals surface area contributed by atoms with Crippen molar-refractivity contribution in [3.8, 4) is 61.3 Å². The molecule has 0 unspecified atom stereocenters. The van der Waals surface area contributed by atoms with Crippen molar-refractivity contribution in [2.45, 2.75) is 6.92 Å². The van der Waals surface area contributed by atoms with Gasteiger partial charge in [-0.25, -0.2) is 0 Å². The number of aromatic nitrogens is 1. The van der Waals surface area contributed by atoms with Crippen molar-refractivity contribution in [2.24, 2.45) is 0 Å². The van der Waals surface area contributed by atoms with E-state index >= 15 is 0 Å². The third-order valence-electron chi connectivity index (χ3n) is 10.9. The van der Waals surface area contributed by atoms with Gasteiger partial charge in [0, 0.05) is 33.4 Å². The lowest BCUT2D eigenvalue weighted by Gasteiger charge is -2.30. The minimum Gasteiger partial charge on any atom is -0.310 e. The Morgan fingerprint density at radius 1 is 0.373 bits per heavy atom. The number of anilines is 3. The third kappa shape index (κ3) is 3.99. The highest BCUT2D eigenvalue weighted by atomic mass is 15.1. The Balaban J connectivity index is 1.24. The van der Waals surface area contributed by atoms with Gasteiger partial charge in [-0.3, -0.25) is 0 Å². The maximum absolute atomic E-state index is 2.47. The lowest BCUT2D eigenvalue weighted by atomic mass is 9.83. The molecule has 8 aromatic carbocycles. The largest absolute Gasteiger partial charge is 0.310 e. The summed E-state index contributed by atoms with van der Waals surface area (Å²) in [7, 11) is 0. The average Bonchev–Trinajstić information content (AvgIpc) is 3.46. The molecule has 0 saturated carbocycles. The molecule has 2 aliphatic carbocycles. The van der Waals surface area contributed by atoms with Crippen molar-refractivity contribution in [1.82, 2.24) is 4.57 Å². The normalized spacial score (nSPS) is 12.0. The average molecular weight is 649 g/mol. The predicted octanol–water partition coefficient (Wildman–Crippen LogP) is 13.5. The van der Waals surface area contributed by atoms with E-state index < -0.39 is 0 Å². The van der Waals surface area contributed by atoms with Crippen LogP contribution in [0.15, 0.2) is 176 Å². The van der Waals surface area contributed by atoms with Gasteiger partial charge in [0.05, 0.1) is 16.7 Å². The van der Waals surface area contributed by atoms with Crippen molar-refractivity contribution < 1.29 is 0 Å². The van der Waals surface area contributed by atoms with Gasteiger partial charge in [-0.1, -0.05) is 133 Å². The summed E-state index contributed by atoms with van der Waals surface area (Å²) < 4.78 is 2.41. The highest BCUT2D eigenvalue weighted by Crippen LogP contribution is 2.59. The molecule has 0 atom stereocenters. The smallest absolute Gasteiger partial charge is 0.0561 e. The van der Waals surface area contributed by atoms with Crippen LogP contribution in [0.2, 0.25) is 0 Å². The SMILES string of the molecule is Cc1ccc(N(c2ccc3c4ccccc4n(-c4ccccc4)c3c2)c2cccc3c2-c2cccc4c2-c2ccccc2-c2cccc-4c2-3)cc1. The number of fused-ring (bicyclic) bond motifs is 7. The maximum Gasteiger partial charge on any atom is 0.0561 e. The molecule has 0 radical (unpaired) electrons. The fraction of sp³-hybridized carbons (Fsp3) is 0.0204. The summed E-state index contributed by atoms with van der Waals surface area (Å²) >= 11 is 0. The minimum atomic E-state index is 1.12. The van der Waals surface area contributed by atoms with Crippen LogP contribution in [0.5, 0.6) is 0 Å². The fourth-order valence-corrected chi connectivity index (χ4v) is 8.79. The Morgan fingerprint density at radius 2 is 0.922 bits per heavy atom. The van der Waals surface area contributed by atoms with Gasteiger partial charge in [-0.15, -0.1) is 0 Å². The van der Waals surface area contributed by atoms with Gasteiger partial charge in [0.15, 0.2) is 0 Å². The third-order valence-corrected chi connectivity index (χ3v) is 10.9. The molecule has 1 heterocycles. The molecule has 9 aromatic rings. The molecule has 0 saturated heterocycles. The van der Waals surface area contributed by atoms with E-state index in [1.54, 1.807) is 0 Å². The van der Waals surface area contributed by atoms with Crippen LogP contribution in [0, 0.1) is 6.92 Å². The molecule has 2 aliphatic rings. The van der Waals surface area contributed by atoms with Crippen LogP contribution in [0.3, 0.4) is 0 Å². The summed E-state index contributed by atoms with van der Waals surface area (Å²) in [5.41, 5.74) is 21.1. The first kappa shape index (κ1) is 28.2. The number of benzene rings is 8. The number of rotatable bonds is 4. The molecule has 2 heteroatoms. The Bertz CT molecular complexity index is 2830. The van der Waals surface area contributed by atoms with Crippen LogP contribution in [-0.2, 0) is 0 Å². The van der Waals surface area contributed by atoms with E-state index in [2.05, 4.69) is 192 Å². The topological polar surface area (TPSA) is 8.17 Å². The molecule has 0 aliphatic heterocycles. The van der Waals surface area contributed by atoms with Gasteiger partial charge in [0.25, 0.3) is 0 Å². The molecule has 1 aromatic heterocycles. The zero-order valence-corrected chi connectivity index (χ0v) is 28.1. The van der Waals surface area contributed by atoms with Gasteiger partial charge in [0.2, 0.25) is 0 Å². The number of para-hydroxylation sites is 2. The monoisotopic (exact) mass is 648 g/mol. The number of hydrogen-bond acceptors (Lipinski definition) is 1. The van der Waals surface area contributed by atoms with E-state index in [9.17, 15) is 0 Å². The van der Waals surface area contributed by atoms with Crippen molar-refractivity contribution >= 4 is 38.9 Å². The van der Waals surface area contributed by atoms with Crippen molar-refractivity contribution in [3.05, 3.63) is 181 Å². The molecule has 51 heavy (non-hydrogen) atoms. The van der Waals surface area contributed by atoms with Gasteiger partial charge in [0.1, 0.15) is 0 Å².